The van der Waals surface area contributed by atoms with Crippen LogP contribution in [0.1, 0.15) is 33.6 Å². The van der Waals surface area contributed by atoms with Crippen LogP contribution in [0, 0.1) is 10.1 Å². The molecule has 2 N–H and O–H groups in total. The second-order valence-electron chi connectivity index (χ2n) is 6.15. The topological polar surface area (TPSA) is 111 Å². The number of nitro benzene ring substituents is 1. The van der Waals surface area contributed by atoms with E-state index in [1.165, 1.54) is 18.2 Å². The Balaban J connectivity index is 1.61. The van der Waals surface area contributed by atoms with E-state index in [0.717, 1.165) is 19.4 Å². The summed E-state index contributed by atoms with van der Waals surface area (Å²) in [6.45, 7) is 1.20. The summed E-state index contributed by atoms with van der Waals surface area (Å²) in [7, 11) is 0. The standard InChI is InChI=1S/C19H19N3O5/c23-18(20-12-15-4-3-11-27-15)13-7-9-14(10-8-13)21-19(24)16-5-1-2-6-17(16)22(25)26/h1-2,5-10,15H,3-4,11-12H2,(H,20,23)(H,21,24). The largest absolute Gasteiger partial charge is 0.376 e. The third kappa shape index (κ3) is 4.68. The van der Waals surface area contributed by atoms with E-state index in [9.17, 15) is 19.7 Å². The summed E-state index contributed by atoms with van der Waals surface area (Å²) in [5.74, 6) is -0.806. The maximum absolute atomic E-state index is 12.3. The van der Waals surface area contributed by atoms with Crippen LogP contribution in [0.25, 0.3) is 0 Å². The predicted molar refractivity (Wildman–Crippen MR) is 98.8 cm³/mol. The molecule has 1 aliphatic rings. The van der Waals surface area contributed by atoms with Crippen molar-refractivity contribution < 1.29 is 19.2 Å². The van der Waals surface area contributed by atoms with Crippen molar-refractivity contribution >= 4 is 23.2 Å². The zero-order valence-corrected chi connectivity index (χ0v) is 14.5. The van der Waals surface area contributed by atoms with Gasteiger partial charge in [-0.1, -0.05) is 12.1 Å². The normalized spacial score (nSPS) is 15.9. The van der Waals surface area contributed by atoms with E-state index < -0.39 is 10.8 Å². The number of carbonyl (C=O) groups excluding carboxylic acids is 2. The molecular weight excluding hydrogens is 350 g/mol. The molecule has 3 rings (SSSR count). The minimum atomic E-state index is -0.601. The van der Waals surface area contributed by atoms with Crippen LogP contribution in [0.4, 0.5) is 11.4 Å². The van der Waals surface area contributed by atoms with Crippen LogP contribution in [-0.2, 0) is 4.74 Å². The molecular formula is C19H19N3O5. The number of nitro groups is 1. The van der Waals surface area contributed by atoms with Gasteiger partial charge in [-0.25, -0.2) is 0 Å². The summed E-state index contributed by atoms with van der Waals surface area (Å²) in [5.41, 5.74) is 0.603. The van der Waals surface area contributed by atoms with Crippen LogP contribution in [0.5, 0.6) is 0 Å². The van der Waals surface area contributed by atoms with E-state index in [4.69, 9.17) is 4.74 Å². The third-order valence-corrected chi connectivity index (χ3v) is 4.26. The van der Waals surface area contributed by atoms with E-state index >= 15 is 0 Å². The molecule has 8 nitrogen and oxygen atoms in total. The fourth-order valence-electron chi connectivity index (χ4n) is 2.84. The molecule has 0 spiro atoms. The quantitative estimate of drug-likeness (QED) is 0.601. The number of anilines is 1. The number of nitrogens with one attached hydrogen (secondary N) is 2. The molecule has 1 aliphatic heterocycles. The fourth-order valence-corrected chi connectivity index (χ4v) is 2.84. The van der Waals surface area contributed by atoms with Crippen molar-refractivity contribution in [2.75, 3.05) is 18.5 Å². The molecule has 0 aromatic heterocycles. The summed E-state index contributed by atoms with van der Waals surface area (Å²) in [5, 5.41) is 16.4. The molecule has 27 heavy (non-hydrogen) atoms. The van der Waals surface area contributed by atoms with Gasteiger partial charge in [-0.2, -0.15) is 0 Å². The Bertz CT molecular complexity index is 845. The number of amides is 2. The SMILES string of the molecule is O=C(NCC1CCCO1)c1ccc(NC(=O)c2ccccc2[N+](=O)[O-])cc1. The first-order chi connectivity index (χ1) is 13.0. The Morgan fingerprint density at radius 1 is 1.11 bits per heavy atom. The molecule has 8 heteroatoms. The monoisotopic (exact) mass is 369 g/mol. The molecule has 0 aliphatic carbocycles. The molecule has 1 unspecified atom stereocenters. The second-order valence-corrected chi connectivity index (χ2v) is 6.15. The molecule has 140 valence electrons. The summed E-state index contributed by atoms with van der Waals surface area (Å²) in [6.07, 6.45) is 2.01. The summed E-state index contributed by atoms with van der Waals surface area (Å²) in [6, 6.07) is 12.0. The highest BCUT2D eigenvalue weighted by atomic mass is 16.6. The number of para-hydroxylation sites is 1. The molecule has 0 saturated carbocycles. The molecule has 2 aromatic carbocycles. The highest BCUT2D eigenvalue weighted by molar-refractivity contribution is 6.07. The maximum Gasteiger partial charge on any atom is 0.282 e. The Morgan fingerprint density at radius 2 is 1.85 bits per heavy atom. The van der Waals surface area contributed by atoms with E-state index in [-0.39, 0.29) is 23.3 Å². The Labute approximate surface area is 155 Å². The number of carbonyl (C=O) groups is 2. The minimum Gasteiger partial charge on any atom is -0.376 e. The van der Waals surface area contributed by atoms with Crippen molar-refractivity contribution in [3.63, 3.8) is 0 Å². The van der Waals surface area contributed by atoms with Gasteiger partial charge in [0, 0.05) is 30.5 Å². The molecule has 0 radical (unpaired) electrons. The summed E-state index contributed by atoms with van der Waals surface area (Å²) < 4.78 is 5.46. The summed E-state index contributed by atoms with van der Waals surface area (Å²) >= 11 is 0. The van der Waals surface area contributed by atoms with Gasteiger partial charge >= 0.3 is 0 Å². The predicted octanol–water partition coefficient (Wildman–Crippen LogP) is 2.76. The van der Waals surface area contributed by atoms with Gasteiger partial charge in [0.15, 0.2) is 0 Å². The molecule has 1 heterocycles. The lowest BCUT2D eigenvalue weighted by Crippen LogP contribution is -2.31. The molecule has 2 aromatic rings. The first kappa shape index (κ1) is 18.5. The van der Waals surface area contributed by atoms with Crippen LogP contribution in [0.15, 0.2) is 48.5 Å². The highest BCUT2D eigenvalue weighted by Crippen LogP contribution is 2.19. The van der Waals surface area contributed by atoms with E-state index in [0.29, 0.717) is 17.8 Å². The van der Waals surface area contributed by atoms with Crippen molar-refractivity contribution in [1.29, 1.82) is 0 Å². The minimum absolute atomic E-state index is 0.0270. The van der Waals surface area contributed by atoms with E-state index in [1.807, 2.05) is 0 Å². The van der Waals surface area contributed by atoms with Crippen molar-refractivity contribution in [3.05, 3.63) is 69.8 Å². The second kappa shape index (κ2) is 8.41. The van der Waals surface area contributed by atoms with Gasteiger partial charge in [0.1, 0.15) is 5.56 Å². The van der Waals surface area contributed by atoms with Crippen LogP contribution < -0.4 is 10.6 Å². The number of benzene rings is 2. The first-order valence-corrected chi connectivity index (χ1v) is 8.59. The lowest BCUT2D eigenvalue weighted by molar-refractivity contribution is -0.385. The number of ether oxygens (including phenoxy) is 1. The van der Waals surface area contributed by atoms with Gasteiger partial charge in [-0.15, -0.1) is 0 Å². The summed E-state index contributed by atoms with van der Waals surface area (Å²) in [4.78, 5) is 34.9. The first-order valence-electron chi connectivity index (χ1n) is 8.59. The lowest BCUT2D eigenvalue weighted by atomic mass is 10.1. The number of hydrogen-bond donors (Lipinski definition) is 2. The average molecular weight is 369 g/mol. The van der Waals surface area contributed by atoms with Crippen molar-refractivity contribution in [2.24, 2.45) is 0 Å². The maximum atomic E-state index is 12.3. The van der Waals surface area contributed by atoms with Gasteiger partial charge in [0.25, 0.3) is 17.5 Å². The lowest BCUT2D eigenvalue weighted by Gasteiger charge is -2.11. The molecule has 1 fully saturated rings. The van der Waals surface area contributed by atoms with Crippen molar-refractivity contribution in [3.8, 4) is 0 Å². The fraction of sp³-hybridized carbons (Fsp3) is 0.263. The van der Waals surface area contributed by atoms with Crippen LogP contribution >= 0.6 is 0 Å². The van der Waals surface area contributed by atoms with E-state index in [1.54, 1.807) is 30.3 Å². The van der Waals surface area contributed by atoms with Crippen molar-refractivity contribution in [2.45, 2.75) is 18.9 Å². The third-order valence-electron chi connectivity index (χ3n) is 4.26. The van der Waals surface area contributed by atoms with Crippen LogP contribution in [0.2, 0.25) is 0 Å². The number of nitrogens with zero attached hydrogens (tertiary/aromatic N) is 1. The van der Waals surface area contributed by atoms with Gasteiger partial charge < -0.3 is 15.4 Å². The molecule has 0 bridgehead atoms. The van der Waals surface area contributed by atoms with Gasteiger partial charge in [0.2, 0.25) is 0 Å². The van der Waals surface area contributed by atoms with Crippen LogP contribution in [-0.4, -0.2) is 36.0 Å². The zero-order chi connectivity index (χ0) is 19.2. The molecule has 2 amide bonds. The van der Waals surface area contributed by atoms with Crippen LogP contribution in [0.3, 0.4) is 0 Å². The highest BCUT2D eigenvalue weighted by Gasteiger charge is 2.19. The number of rotatable bonds is 6. The Kier molecular flexibility index (Phi) is 5.77. The van der Waals surface area contributed by atoms with Gasteiger partial charge in [-0.05, 0) is 43.2 Å². The van der Waals surface area contributed by atoms with Gasteiger partial charge in [0.05, 0.1) is 11.0 Å². The zero-order valence-electron chi connectivity index (χ0n) is 14.5. The molecule has 1 saturated heterocycles. The smallest absolute Gasteiger partial charge is 0.282 e. The van der Waals surface area contributed by atoms with Gasteiger partial charge in [-0.3, -0.25) is 19.7 Å². The van der Waals surface area contributed by atoms with E-state index in [2.05, 4.69) is 10.6 Å². The Hall–Kier alpha value is -3.26. The number of hydrogen-bond acceptors (Lipinski definition) is 5. The van der Waals surface area contributed by atoms with Crippen molar-refractivity contribution in [1.82, 2.24) is 5.32 Å². The molecule has 1 atom stereocenters. The Morgan fingerprint density at radius 3 is 2.52 bits per heavy atom. The average Bonchev–Trinajstić information content (AvgIpc) is 3.20.